The zero-order chi connectivity index (χ0) is 14.5. The van der Waals surface area contributed by atoms with Gasteiger partial charge in [-0.05, 0) is 31.9 Å². The highest BCUT2D eigenvalue weighted by Gasteiger charge is 2.28. The van der Waals surface area contributed by atoms with Crippen molar-refractivity contribution in [2.24, 2.45) is 10.9 Å². The van der Waals surface area contributed by atoms with E-state index in [1.54, 1.807) is 4.90 Å². The van der Waals surface area contributed by atoms with Crippen LogP contribution in [-0.2, 0) is 0 Å². The van der Waals surface area contributed by atoms with E-state index in [4.69, 9.17) is 10.9 Å². The number of amidine groups is 1. The maximum absolute atomic E-state index is 12.6. The van der Waals surface area contributed by atoms with E-state index in [1.807, 2.05) is 31.2 Å². The second kappa shape index (κ2) is 6.41. The fourth-order valence-corrected chi connectivity index (χ4v) is 2.65. The van der Waals surface area contributed by atoms with Crippen molar-refractivity contribution < 1.29 is 10.0 Å². The molecule has 108 valence electrons. The van der Waals surface area contributed by atoms with Gasteiger partial charge >= 0.3 is 0 Å². The molecule has 0 aliphatic heterocycles. The molecule has 0 bridgehead atoms. The standard InChI is InChI=1S/C15H21N3O2/c1-11-6-8-12(9-7-11)15(19)18(10-14(16)17-20)13-4-2-3-5-13/h6-9,13,20H,2-5,10H2,1H3,(H2,16,17). The van der Waals surface area contributed by atoms with Crippen molar-refractivity contribution in [2.75, 3.05) is 6.54 Å². The van der Waals surface area contributed by atoms with Crippen LogP contribution in [0.1, 0.15) is 41.6 Å². The molecule has 1 saturated carbocycles. The molecule has 2 rings (SSSR count). The Kier molecular flexibility index (Phi) is 4.61. The molecule has 5 nitrogen and oxygen atoms in total. The summed E-state index contributed by atoms with van der Waals surface area (Å²) in [6, 6.07) is 7.68. The Morgan fingerprint density at radius 3 is 2.50 bits per heavy atom. The van der Waals surface area contributed by atoms with Crippen molar-refractivity contribution in [2.45, 2.75) is 38.6 Å². The van der Waals surface area contributed by atoms with Gasteiger partial charge in [-0.3, -0.25) is 4.79 Å². The minimum Gasteiger partial charge on any atom is -0.409 e. The second-order valence-electron chi connectivity index (χ2n) is 5.33. The van der Waals surface area contributed by atoms with Crippen LogP contribution in [0, 0.1) is 6.92 Å². The van der Waals surface area contributed by atoms with Crippen molar-refractivity contribution in [1.29, 1.82) is 0 Å². The smallest absolute Gasteiger partial charge is 0.254 e. The fourth-order valence-electron chi connectivity index (χ4n) is 2.65. The zero-order valence-electron chi connectivity index (χ0n) is 11.7. The quantitative estimate of drug-likeness (QED) is 0.382. The molecular weight excluding hydrogens is 254 g/mol. The average Bonchev–Trinajstić information content (AvgIpc) is 2.98. The average molecular weight is 275 g/mol. The molecule has 1 aliphatic rings. The van der Waals surface area contributed by atoms with Crippen molar-refractivity contribution in [1.82, 2.24) is 4.90 Å². The fraction of sp³-hybridized carbons (Fsp3) is 0.467. The van der Waals surface area contributed by atoms with Crippen molar-refractivity contribution >= 4 is 11.7 Å². The van der Waals surface area contributed by atoms with E-state index in [-0.39, 0.29) is 24.3 Å². The lowest BCUT2D eigenvalue weighted by Crippen LogP contribution is -2.44. The van der Waals surface area contributed by atoms with E-state index >= 15 is 0 Å². The summed E-state index contributed by atoms with van der Waals surface area (Å²) < 4.78 is 0. The first-order valence-corrected chi connectivity index (χ1v) is 6.96. The van der Waals surface area contributed by atoms with Crippen LogP contribution in [0.4, 0.5) is 0 Å². The molecule has 0 unspecified atom stereocenters. The van der Waals surface area contributed by atoms with Crippen LogP contribution >= 0.6 is 0 Å². The molecule has 1 aromatic rings. The number of nitrogens with two attached hydrogens (primary N) is 1. The maximum atomic E-state index is 12.6. The first-order chi connectivity index (χ1) is 9.61. The monoisotopic (exact) mass is 275 g/mol. The Morgan fingerprint density at radius 2 is 1.95 bits per heavy atom. The summed E-state index contributed by atoms with van der Waals surface area (Å²) in [5.41, 5.74) is 7.35. The number of hydrogen-bond donors (Lipinski definition) is 2. The van der Waals surface area contributed by atoms with Gasteiger partial charge < -0.3 is 15.8 Å². The number of rotatable bonds is 4. The summed E-state index contributed by atoms with van der Waals surface area (Å²) >= 11 is 0. The van der Waals surface area contributed by atoms with Crippen LogP contribution in [0.3, 0.4) is 0 Å². The van der Waals surface area contributed by atoms with Gasteiger partial charge in [0.2, 0.25) is 0 Å². The maximum Gasteiger partial charge on any atom is 0.254 e. The lowest BCUT2D eigenvalue weighted by atomic mass is 10.1. The molecule has 1 fully saturated rings. The normalized spacial score (nSPS) is 16.4. The highest BCUT2D eigenvalue weighted by atomic mass is 16.4. The molecule has 20 heavy (non-hydrogen) atoms. The van der Waals surface area contributed by atoms with Crippen molar-refractivity contribution in [3.63, 3.8) is 0 Å². The Morgan fingerprint density at radius 1 is 1.35 bits per heavy atom. The van der Waals surface area contributed by atoms with Crippen LogP contribution in [0.15, 0.2) is 29.4 Å². The minimum atomic E-state index is -0.0523. The first kappa shape index (κ1) is 14.4. The molecule has 1 aromatic carbocycles. The van der Waals surface area contributed by atoms with E-state index in [9.17, 15) is 4.79 Å². The summed E-state index contributed by atoms with van der Waals surface area (Å²) in [5, 5.41) is 11.7. The van der Waals surface area contributed by atoms with E-state index in [0.29, 0.717) is 5.56 Å². The predicted molar refractivity (Wildman–Crippen MR) is 77.9 cm³/mol. The van der Waals surface area contributed by atoms with Crippen molar-refractivity contribution in [3.05, 3.63) is 35.4 Å². The van der Waals surface area contributed by atoms with Gasteiger partial charge in [0.1, 0.15) is 0 Å². The van der Waals surface area contributed by atoms with Gasteiger partial charge in [0.05, 0.1) is 6.54 Å². The largest absolute Gasteiger partial charge is 0.409 e. The Hall–Kier alpha value is -2.04. The van der Waals surface area contributed by atoms with E-state index in [2.05, 4.69) is 5.16 Å². The summed E-state index contributed by atoms with van der Waals surface area (Å²) in [4.78, 5) is 14.4. The van der Waals surface area contributed by atoms with Gasteiger partial charge in [0.15, 0.2) is 5.84 Å². The molecule has 0 heterocycles. The van der Waals surface area contributed by atoms with Crippen LogP contribution in [-0.4, -0.2) is 34.4 Å². The molecular formula is C15H21N3O2. The number of hydrogen-bond acceptors (Lipinski definition) is 3. The number of carbonyl (C=O) groups is 1. The van der Waals surface area contributed by atoms with Crippen LogP contribution < -0.4 is 5.73 Å². The van der Waals surface area contributed by atoms with Gasteiger partial charge in [0, 0.05) is 11.6 Å². The van der Waals surface area contributed by atoms with E-state index in [0.717, 1.165) is 31.2 Å². The Balaban J connectivity index is 2.20. The van der Waals surface area contributed by atoms with Gasteiger partial charge in [-0.2, -0.15) is 0 Å². The summed E-state index contributed by atoms with van der Waals surface area (Å²) in [5.74, 6) is 0.0147. The van der Waals surface area contributed by atoms with Gasteiger partial charge in [0.25, 0.3) is 5.91 Å². The first-order valence-electron chi connectivity index (χ1n) is 6.96. The van der Waals surface area contributed by atoms with E-state index in [1.165, 1.54) is 0 Å². The number of oxime groups is 1. The Labute approximate surface area is 119 Å². The predicted octanol–water partition coefficient (Wildman–Crippen LogP) is 2.13. The molecule has 0 spiro atoms. The van der Waals surface area contributed by atoms with Gasteiger partial charge in [-0.15, -0.1) is 0 Å². The van der Waals surface area contributed by atoms with Crippen LogP contribution in [0.2, 0.25) is 0 Å². The molecule has 0 aromatic heterocycles. The topological polar surface area (TPSA) is 78.9 Å². The van der Waals surface area contributed by atoms with Gasteiger partial charge in [-0.25, -0.2) is 0 Å². The highest BCUT2D eigenvalue weighted by molar-refractivity contribution is 5.97. The summed E-state index contributed by atoms with van der Waals surface area (Å²) in [6.07, 6.45) is 4.21. The lowest BCUT2D eigenvalue weighted by Gasteiger charge is -2.28. The van der Waals surface area contributed by atoms with E-state index < -0.39 is 0 Å². The van der Waals surface area contributed by atoms with Crippen molar-refractivity contribution in [3.8, 4) is 0 Å². The second-order valence-corrected chi connectivity index (χ2v) is 5.33. The summed E-state index contributed by atoms with van der Waals surface area (Å²) in [6.45, 7) is 2.16. The number of amides is 1. The third kappa shape index (κ3) is 3.29. The number of benzene rings is 1. The van der Waals surface area contributed by atoms with Gasteiger partial charge in [-0.1, -0.05) is 35.7 Å². The molecule has 0 atom stereocenters. The minimum absolute atomic E-state index is 0.0523. The van der Waals surface area contributed by atoms with Crippen LogP contribution in [0.5, 0.6) is 0 Å². The zero-order valence-corrected chi connectivity index (χ0v) is 11.7. The van der Waals surface area contributed by atoms with Crippen LogP contribution in [0.25, 0.3) is 0 Å². The number of aryl methyl sites for hydroxylation is 1. The summed E-state index contributed by atoms with van der Waals surface area (Å²) in [7, 11) is 0. The number of carbonyl (C=O) groups excluding carboxylic acids is 1. The molecule has 1 amide bonds. The lowest BCUT2D eigenvalue weighted by molar-refractivity contribution is 0.0712. The molecule has 0 saturated heterocycles. The molecule has 5 heteroatoms. The number of nitrogens with zero attached hydrogens (tertiary/aromatic N) is 2. The third-order valence-corrected chi connectivity index (χ3v) is 3.79. The Bertz CT molecular complexity index is 490. The molecule has 0 radical (unpaired) electrons. The molecule has 1 aliphatic carbocycles. The molecule has 3 N–H and O–H groups in total. The highest BCUT2D eigenvalue weighted by Crippen LogP contribution is 2.24. The third-order valence-electron chi connectivity index (χ3n) is 3.79. The SMILES string of the molecule is Cc1ccc(C(=O)N(CC(N)=NO)C2CCCC2)cc1.